The largest absolute Gasteiger partial charge is 0.463 e. The van der Waals surface area contributed by atoms with Crippen LogP contribution in [0.5, 0.6) is 0 Å². The van der Waals surface area contributed by atoms with Crippen molar-refractivity contribution in [2.24, 2.45) is 0 Å². The maximum Gasteiger partial charge on any atom is 0.398 e. The molecule has 1 aliphatic rings. The molecule has 2 unspecified atom stereocenters. The fraction of sp³-hybridized carbons (Fsp3) is 0.423. The van der Waals surface area contributed by atoms with E-state index >= 15 is 0 Å². The van der Waals surface area contributed by atoms with Crippen molar-refractivity contribution in [1.29, 1.82) is 0 Å². The molecule has 2 aromatic rings. The topological polar surface area (TPSA) is 110 Å². The predicted octanol–water partition coefficient (Wildman–Crippen LogP) is 4.29. The molecule has 1 N–H and O–H groups in total. The van der Waals surface area contributed by atoms with Gasteiger partial charge in [0.25, 0.3) is 5.91 Å². The Morgan fingerprint density at radius 2 is 1.71 bits per heavy atom. The van der Waals surface area contributed by atoms with E-state index in [0.29, 0.717) is 11.1 Å². The molecule has 38 heavy (non-hydrogen) atoms. The van der Waals surface area contributed by atoms with Crippen LogP contribution in [0.2, 0.25) is 0 Å². The molecule has 0 radical (unpaired) electrons. The van der Waals surface area contributed by atoms with Gasteiger partial charge in [-0.05, 0) is 61.7 Å². The van der Waals surface area contributed by atoms with Gasteiger partial charge in [0.2, 0.25) is 5.91 Å². The number of fused-ring (bicyclic) bond motifs is 1. The molecule has 2 aromatic carbocycles. The standard InChI is InChI=1S/C26H29F3N2O6S/c1-15(2)37-22(33)13-25(4,26(27,28)29)18-6-8-19(9-7-18)30-24(34)23-21-11-10-20(38(5,35)36)12-17(21)14-31(23)16(3)32/h6-12,15,23H,13-14H2,1-5H3,(H,30,34). The van der Waals surface area contributed by atoms with E-state index in [1.807, 2.05) is 0 Å². The molecule has 0 aliphatic carbocycles. The zero-order valence-electron chi connectivity index (χ0n) is 21.5. The van der Waals surface area contributed by atoms with Crippen molar-refractivity contribution in [3.8, 4) is 0 Å². The number of benzene rings is 2. The van der Waals surface area contributed by atoms with E-state index in [1.165, 1.54) is 54.3 Å². The molecule has 0 spiro atoms. The second kappa shape index (κ2) is 10.4. The number of hydrogen-bond donors (Lipinski definition) is 1. The predicted molar refractivity (Wildman–Crippen MR) is 133 cm³/mol. The number of amides is 2. The number of alkyl halides is 3. The Morgan fingerprint density at radius 1 is 1.11 bits per heavy atom. The summed E-state index contributed by atoms with van der Waals surface area (Å²) in [5.74, 6) is -2.01. The first-order valence-electron chi connectivity index (χ1n) is 11.7. The van der Waals surface area contributed by atoms with Crippen molar-refractivity contribution in [2.75, 3.05) is 11.6 Å². The van der Waals surface area contributed by atoms with Crippen LogP contribution in [0.4, 0.5) is 18.9 Å². The van der Waals surface area contributed by atoms with Crippen molar-refractivity contribution >= 4 is 33.3 Å². The highest BCUT2D eigenvalue weighted by molar-refractivity contribution is 7.90. The maximum absolute atomic E-state index is 14.0. The average Bonchev–Trinajstić information content (AvgIpc) is 3.17. The Labute approximate surface area is 219 Å². The number of hydrogen-bond acceptors (Lipinski definition) is 6. The average molecular weight is 555 g/mol. The number of carbonyl (C=O) groups excluding carboxylic acids is 3. The number of nitrogens with zero attached hydrogens (tertiary/aromatic N) is 1. The van der Waals surface area contributed by atoms with Crippen molar-refractivity contribution in [2.45, 2.75) is 69.3 Å². The molecule has 3 rings (SSSR count). The van der Waals surface area contributed by atoms with Crippen molar-refractivity contribution < 1.29 is 40.7 Å². The van der Waals surface area contributed by atoms with Gasteiger partial charge >= 0.3 is 12.1 Å². The van der Waals surface area contributed by atoms with Gasteiger partial charge in [-0.15, -0.1) is 0 Å². The highest BCUT2D eigenvalue weighted by atomic mass is 32.2. The quantitative estimate of drug-likeness (QED) is 0.512. The summed E-state index contributed by atoms with van der Waals surface area (Å²) in [4.78, 5) is 38.9. The molecule has 12 heteroatoms. The van der Waals surface area contributed by atoms with Crippen LogP contribution in [0.3, 0.4) is 0 Å². The fourth-order valence-corrected chi connectivity index (χ4v) is 5.00. The van der Waals surface area contributed by atoms with Gasteiger partial charge in [-0.3, -0.25) is 14.4 Å². The Balaban J connectivity index is 1.87. The fourth-order valence-electron chi connectivity index (χ4n) is 4.33. The van der Waals surface area contributed by atoms with Crippen LogP contribution in [0, 0.1) is 0 Å². The normalized spacial score (nSPS) is 17.1. The molecule has 2 amide bonds. The molecule has 1 heterocycles. The highest BCUT2D eigenvalue weighted by Crippen LogP contribution is 2.44. The van der Waals surface area contributed by atoms with E-state index in [-0.39, 0.29) is 22.7 Å². The molecule has 0 bridgehead atoms. The minimum absolute atomic E-state index is 0.0292. The van der Waals surface area contributed by atoms with Crippen molar-refractivity contribution in [1.82, 2.24) is 4.90 Å². The first kappa shape index (κ1) is 29.2. The molecular weight excluding hydrogens is 525 g/mol. The first-order chi connectivity index (χ1) is 17.4. The van der Waals surface area contributed by atoms with Crippen molar-refractivity contribution in [3.63, 3.8) is 0 Å². The molecule has 0 saturated carbocycles. The molecule has 1 aliphatic heterocycles. The number of rotatable bonds is 7. The number of nitrogens with one attached hydrogen (secondary N) is 1. The van der Waals surface area contributed by atoms with Crippen LogP contribution >= 0.6 is 0 Å². The molecule has 0 saturated heterocycles. The van der Waals surface area contributed by atoms with Crippen LogP contribution in [-0.4, -0.2) is 49.6 Å². The SMILES string of the molecule is CC(=O)N1Cc2cc(S(C)(=O)=O)ccc2C1C(=O)Nc1ccc(C(C)(CC(=O)OC(C)C)C(F)(F)F)cc1. The monoisotopic (exact) mass is 554 g/mol. The molecule has 0 fully saturated rings. The zero-order chi connectivity index (χ0) is 28.6. The summed E-state index contributed by atoms with van der Waals surface area (Å²) in [5, 5.41) is 2.61. The van der Waals surface area contributed by atoms with E-state index in [2.05, 4.69) is 5.32 Å². The van der Waals surface area contributed by atoms with Crippen LogP contribution < -0.4 is 5.32 Å². The lowest BCUT2D eigenvalue weighted by molar-refractivity contribution is -0.195. The van der Waals surface area contributed by atoms with E-state index in [9.17, 15) is 36.0 Å². The molecular formula is C26H29F3N2O6S. The maximum atomic E-state index is 14.0. The highest BCUT2D eigenvalue weighted by Gasteiger charge is 2.53. The van der Waals surface area contributed by atoms with Crippen molar-refractivity contribution in [3.05, 3.63) is 59.2 Å². The van der Waals surface area contributed by atoms with E-state index in [4.69, 9.17) is 4.74 Å². The minimum Gasteiger partial charge on any atom is -0.463 e. The summed E-state index contributed by atoms with van der Waals surface area (Å²) in [6, 6.07) is 8.12. The summed E-state index contributed by atoms with van der Waals surface area (Å²) in [5.41, 5.74) is -1.57. The van der Waals surface area contributed by atoms with Crippen LogP contribution in [0.1, 0.15) is 56.8 Å². The van der Waals surface area contributed by atoms with E-state index < -0.39 is 57.8 Å². The van der Waals surface area contributed by atoms with E-state index in [1.54, 1.807) is 13.8 Å². The number of anilines is 1. The summed E-state index contributed by atoms with van der Waals surface area (Å²) in [6.45, 7) is 5.30. The van der Waals surface area contributed by atoms with Gasteiger partial charge in [0.1, 0.15) is 6.04 Å². The second-order valence-corrected chi connectivity index (χ2v) is 11.8. The molecule has 0 aromatic heterocycles. The van der Waals surface area contributed by atoms with Gasteiger partial charge in [-0.1, -0.05) is 18.2 Å². The van der Waals surface area contributed by atoms with Gasteiger partial charge in [-0.25, -0.2) is 8.42 Å². The lowest BCUT2D eigenvalue weighted by Crippen LogP contribution is -2.42. The number of sulfone groups is 1. The Morgan fingerprint density at radius 3 is 2.21 bits per heavy atom. The van der Waals surface area contributed by atoms with Crippen LogP contribution in [0.25, 0.3) is 0 Å². The van der Waals surface area contributed by atoms with Gasteiger partial charge in [-0.2, -0.15) is 13.2 Å². The molecule has 8 nitrogen and oxygen atoms in total. The minimum atomic E-state index is -4.76. The van der Waals surface area contributed by atoms with Crippen LogP contribution in [-0.2, 0) is 40.9 Å². The third-order valence-corrected chi connectivity index (χ3v) is 7.53. The lowest BCUT2D eigenvalue weighted by Gasteiger charge is -2.32. The third kappa shape index (κ3) is 6.01. The Kier molecular flexibility index (Phi) is 7.97. The van der Waals surface area contributed by atoms with Gasteiger partial charge in [0, 0.05) is 25.4 Å². The number of halogens is 3. The van der Waals surface area contributed by atoms with E-state index in [0.717, 1.165) is 13.2 Å². The lowest BCUT2D eigenvalue weighted by atomic mass is 9.78. The molecule has 2 atom stereocenters. The number of esters is 1. The zero-order valence-corrected chi connectivity index (χ0v) is 22.4. The summed E-state index contributed by atoms with van der Waals surface area (Å²) < 4.78 is 70.8. The Hall–Kier alpha value is -3.41. The Bertz CT molecular complexity index is 1360. The van der Waals surface area contributed by atoms with Crippen LogP contribution in [0.15, 0.2) is 47.4 Å². The number of ether oxygens (including phenoxy) is 1. The molecule has 206 valence electrons. The first-order valence-corrected chi connectivity index (χ1v) is 13.6. The summed E-state index contributed by atoms with van der Waals surface area (Å²) in [6.07, 6.45) is -5.18. The summed E-state index contributed by atoms with van der Waals surface area (Å²) in [7, 11) is -3.50. The third-order valence-electron chi connectivity index (χ3n) is 6.42. The second-order valence-electron chi connectivity index (χ2n) is 9.79. The van der Waals surface area contributed by atoms with Gasteiger partial charge in [0.15, 0.2) is 9.84 Å². The van der Waals surface area contributed by atoms with Gasteiger partial charge in [0.05, 0.1) is 22.8 Å². The smallest absolute Gasteiger partial charge is 0.398 e. The summed E-state index contributed by atoms with van der Waals surface area (Å²) >= 11 is 0. The number of carbonyl (C=O) groups is 3. The van der Waals surface area contributed by atoms with Gasteiger partial charge < -0.3 is 15.0 Å².